The first kappa shape index (κ1) is 17.7. The molecule has 0 heterocycles. The van der Waals surface area contributed by atoms with Gasteiger partial charge in [0.2, 0.25) is 10.0 Å². The number of thiocarbonyl (C=S) groups is 1. The number of sulfonamides is 1. The molecule has 0 unspecified atom stereocenters. The summed E-state index contributed by atoms with van der Waals surface area (Å²) in [6.07, 6.45) is 0.173. The molecule has 0 saturated carbocycles. The van der Waals surface area contributed by atoms with Gasteiger partial charge in [0.05, 0.1) is 23.6 Å². The van der Waals surface area contributed by atoms with Gasteiger partial charge in [0.25, 0.3) is 0 Å². The highest BCUT2D eigenvalue weighted by Gasteiger charge is 2.14. The van der Waals surface area contributed by atoms with Gasteiger partial charge in [-0.3, -0.25) is 9.52 Å². The lowest BCUT2D eigenvalue weighted by Gasteiger charge is -2.10. The maximum Gasteiger partial charge on any atom is 0.305 e. The number of hydrogen-bond donors (Lipinski definition) is 2. The number of anilines is 1. The highest BCUT2D eigenvalue weighted by atomic mass is 35.5. The maximum absolute atomic E-state index is 11.9. The number of carbonyl (C=O) groups is 1. The summed E-state index contributed by atoms with van der Waals surface area (Å²) in [4.78, 5) is 11.1. The second-order valence-corrected chi connectivity index (χ2v) is 6.85. The van der Waals surface area contributed by atoms with Crippen LogP contribution in [-0.4, -0.2) is 32.2 Å². The van der Waals surface area contributed by atoms with Crippen LogP contribution in [-0.2, 0) is 19.6 Å². The van der Waals surface area contributed by atoms with Crippen LogP contribution in [0.5, 0.6) is 0 Å². The molecule has 116 valence electrons. The molecule has 0 spiro atoms. The summed E-state index contributed by atoms with van der Waals surface area (Å²) in [6.45, 7) is 0. The molecule has 0 fully saturated rings. The number of benzene rings is 1. The average Bonchev–Trinajstić information content (AvgIpc) is 2.40. The summed E-state index contributed by atoms with van der Waals surface area (Å²) in [5.74, 6) is -0.686. The fourth-order valence-corrected chi connectivity index (χ4v) is 2.96. The van der Waals surface area contributed by atoms with Crippen molar-refractivity contribution in [2.24, 2.45) is 5.73 Å². The number of rotatable bonds is 7. The lowest BCUT2D eigenvalue weighted by Crippen LogP contribution is -2.18. The van der Waals surface area contributed by atoms with Gasteiger partial charge in [-0.25, -0.2) is 8.42 Å². The number of carbonyl (C=O) groups excluding carboxylic acids is 1. The van der Waals surface area contributed by atoms with Gasteiger partial charge in [0.15, 0.2) is 0 Å². The van der Waals surface area contributed by atoms with Gasteiger partial charge in [-0.1, -0.05) is 29.9 Å². The van der Waals surface area contributed by atoms with Crippen LogP contribution < -0.4 is 10.5 Å². The van der Waals surface area contributed by atoms with Crippen LogP contribution in [0.3, 0.4) is 0 Å². The summed E-state index contributed by atoms with van der Waals surface area (Å²) in [5, 5.41) is 0.228. The van der Waals surface area contributed by atoms with Crippen LogP contribution >= 0.6 is 23.8 Å². The van der Waals surface area contributed by atoms with Crippen LogP contribution in [0, 0.1) is 0 Å². The molecule has 0 aliphatic carbocycles. The van der Waals surface area contributed by atoms with Gasteiger partial charge in [-0.2, -0.15) is 0 Å². The van der Waals surface area contributed by atoms with Gasteiger partial charge < -0.3 is 10.5 Å². The molecule has 3 N–H and O–H groups in total. The maximum atomic E-state index is 11.9. The number of nitrogens with one attached hydrogen (secondary N) is 1. The summed E-state index contributed by atoms with van der Waals surface area (Å²) >= 11 is 10.8. The zero-order valence-corrected chi connectivity index (χ0v) is 13.6. The third-order valence-corrected chi connectivity index (χ3v) is 4.46. The SMILES string of the molecule is COC(=O)CCCS(=O)(=O)Nc1cc(C(N)=S)ccc1Cl. The average molecular weight is 351 g/mol. The Bertz CT molecular complexity index is 647. The number of nitrogens with two attached hydrogens (primary N) is 1. The van der Waals surface area contributed by atoms with Crippen molar-refractivity contribution in [3.63, 3.8) is 0 Å². The molecule has 0 radical (unpaired) electrons. The number of ether oxygens (including phenoxy) is 1. The van der Waals surface area contributed by atoms with E-state index < -0.39 is 16.0 Å². The number of esters is 1. The second-order valence-electron chi connectivity index (χ2n) is 4.16. The van der Waals surface area contributed by atoms with Crippen molar-refractivity contribution >= 4 is 50.5 Å². The Labute approximate surface area is 133 Å². The van der Waals surface area contributed by atoms with E-state index in [1.807, 2.05) is 0 Å². The molecular formula is C12H15ClN2O4S2. The highest BCUT2D eigenvalue weighted by Crippen LogP contribution is 2.24. The summed E-state index contributed by atoms with van der Waals surface area (Å²) in [7, 11) is -2.38. The molecule has 0 bridgehead atoms. The van der Waals surface area contributed by atoms with Crippen LogP contribution in [0.15, 0.2) is 18.2 Å². The van der Waals surface area contributed by atoms with Crippen molar-refractivity contribution < 1.29 is 17.9 Å². The number of halogens is 1. The molecule has 1 aromatic rings. The van der Waals surface area contributed by atoms with E-state index in [1.165, 1.54) is 19.2 Å². The monoisotopic (exact) mass is 350 g/mol. The first-order chi connectivity index (χ1) is 9.75. The summed E-state index contributed by atoms with van der Waals surface area (Å²) in [5.41, 5.74) is 6.18. The topological polar surface area (TPSA) is 98.5 Å². The van der Waals surface area contributed by atoms with E-state index in [0.29, 0.717) is 5.56 Å². The largest absolute Gasteiger partial charge is 0.469 e. The van der Waals surface area contributed by atoms with Crippen LogP contribution in [0.4, 0.5) is 5.69 Å². The van der Waals surface area contributed by atoms with Crippen LogP contribution in [0.2, 0.25) is 5.02 Å². The fraction of sp³-hybridized carbons (Fsp3) is 0.333. The molecule has 0 saturated heterocycles. The van der Waals surface area contributed by atoms with E-state index in [0.717, 1.165) is 0 Å². The lowest BCUT2D eigenvalue weighted by atomic mass is 10.2. The van der Waals surface area contributed by atoms with E-state index in [4.69, 9.17) is 29.6 Å². The minimum atomic E-state index is -3.63. The Hall–Kier alpha value is -1.38. The molecule has 0 amide bonds. The van der Waals surface area contributed by atoms with Gasteiger partial charge in [-0.05, 0) is 18.6 Å². The van der Waals surface area contributed by atoms with E-state index >= 15 is 0 Å². The molecule has 1 aromatic carbocycles. The van der Waals surface area contributed by atoms with Gasteiger partial charge in [0, 0.05) is 12.0 Å². The van der Waals surface area contributed by atoms with E-state index in [1.54, 1.807) is 6.07 Å². The van der Waals surface area contributed by atoms with Crippen molar-refractivity contribution in [3.8, 4) is 0 Å². The molecular weight excluding hydrogens is 336 g/mol. The first-order valence-corrected chi connectivity index (χ1v) is 8.35. The normalized spacial score (nSPS) is 11.0. The number of hydrogen-bond acceptors (Lipinski definition) is 5. The third kappa shape index (κ3) is 5.86. The Morgan fingerprint density at radius 1 is 1.48 bits per heavy atom. The van der Waals surface area contributed by atoms with Crippen LogP contribution in [0.1, 0.15) is 18.4 Å². The van der Waals surface area contributed by atoms with Gasteiger partial charge in [-0.15, -0.1) is 0 Å². The van der Waals surface area contributed by atoms with Crippen molar-refractivity contribution in [2.45, 2.75) is 12.8 Å². The Kier molecular flexibility index (Phi) is 6.38. The van der Waals surface area contributed by atoms with Crippen molar-refractivity contribution in [1.29, 1.82) is 0 Å². The van der Waals surface area contributed by atoms with Gasteiger partial charge in [0.1, 0.15) is 4.99 Å². The Balaban J connectivity index is 2.77. The predicted molar refractivity (Wildman–Crippen MR) is 86.0 cm³/mol. The molecule has 6 nitrogen and oxygen atoms in total. The Morgan fingerprint density at radius 3 is 2.71 bits per heavy atom. The smallest absolute Gasteiger partial charge is 0.305 e. The van der Waals surface area contributed by atoms with Crippen molar-refractivity contribution in [3.05, 3.63) is 28.8 Å². The zero-order valence-electron chi connectivity index (χ0n) is 11.3. The Morgan fingerprint density at radius 2 is 2.14 bits per heavy atom. The van der Waals surface area contributed by atoms with E-state index in [-0.39, 0.29) is 34.3 Å². The molecule has 0 atom stereocenters. The molecule has 0 aromatic heterocycles. The molecule has 21 heavy (non-hydrogen) atoms. The quantitative estimate of drug-likeness (QED) is 0.573. The third-order valence-electron chi connectivity index (χ3n) is 2.54. The summed E-state index contributed by atoms with van der Waals surface area (Å²) in [6, 6.07) is 4.56. The first-order valence-electron chi connectivity index (χ1n) is 5.92. The molecule has 9 heteroatoms. The molecule has 0 aliphatic rings. The van der Waals surface area contributed by atoms with Crippen molar-refractivity contribution in [2.75, 3.05) is 17.6 Å². The number of methoxy groups -OCH3 is 1. The molecule has 1 rings (SSSR count). The van der Waals surface area contributed by atoms with Crippen LogP contribution in [0.25, 0.3) is 0 Å². The van der Waals surface area contributed by atoms with Gasteiger partial charge >= 0.3 is 5.97 Å². The second kappa shape index (κ2) is 7.58. The highest BCUT2D eigenvalue weighted by molar-refractivity contribution is 7.92. The lowest BCUT2D eigenvalue weighted by molar-refractivity contribution is -0.140. The minimum Gasteiger partial charge on any atom is -0.469 e. The summed E-state index contributed by atoms with van der Waals surface area (Å²) < 4.78 is 30.6. The predicted octanol–water partition coefficient (Wildman–Crippen LogP) is 1.67. The van der Waals surface area contributed by atoms with Crippen molar-refractivity contribution in [1.82, 2.24) is 0 Å². The van der Waals surface area contributed by atoms with E-state index in [2.05, 4.69) is 9.46 Å². The standard InChI is InChI=1S/C12H15ClN2O4S2/c1-19-11(16)3-2-6-21(17,18)15-10-7-8(12(14)20)4-5-9(10)13/h4-5,7,15H,2-3,6H2,1H3,(H2,14,20). The van der Waals surface area contributed by atoms with E-state index in [9.17, 15) is 13.2 Å². The zero-order chi connectivity index (χ0) is 16.0. The fourth-order valence-electron chi connectivity index (χ4n) is 1.48. The minimum absolute atomic E-state index is 0.0259. The molecule has 0 aliphatic heterocycles.